The van der Waals surface area contributed by atoms with E-state index in [4.69, 9.17) is 15.2 Å². The van der Waals surface area contributed by atoms with Crippen LogP contribution in [-0.4, -0.2) is 32.3 Å². The Kier molecular flexibility index (Phi) is 5.13. The Morgan fingerprint density at radius 3 is 2.75 bits per heavy atom. The van der Waals surface area contributed by atoms with E-state index < -0.39 is 6.04 Å². The van der Waals surface area contributed by atoms with E-state index in [0.717, 1.165) is 29.9 Å². The van der Waals surface area contributed by atoms with Gasteiger partial charge < -0.3 is 20.5 Å². The van der Waals surface area contributed by atoms with E-state index in [1.165, 1.54) is 18.2 Å². The number of amides is 1. The quantitative estimate of drug-likeness (QED) is 0.850. The molecule has 0 spiro atoms. The zero-order valence-electron chi connectivity index (χ0n) is 13.7. The van der Waals surface area contributed by atoms with Gasteiger partial charge in [0.15, 0.2) is 0 Å². The molecule has 2 aromatic rings. The van der Waals surface area contributed by atoms with Crippen LogP contribution in [0.3, 0.4) is 0 Å². The second-order valence-corrected chi connectivity index (χ2v) is 5.90. The summed E-state index contributed by atoms with van der Waals surface area (Å²) in [5, 5.41) is 2.82. The summed E-state index contributed by atoms with van der Waals surface area (Å²) in [6.45, 7) is 1.43. The Labute approximate surface area is 141 Å². The van der Waals surface area contributed by atoms with E-state index in [0.29, 0.717) is 6.54 Å². The van der Waals surface area contributed by atoms with Crippen LogP contribution >= 0.6 is 0 Å². The number of benzene rings is 2. The van der Waals surface area contributed by atoms with Crippen LogP contribution in [0.1, 0.15) is 11.1 Å². The van der Waals surface area contributed by atoms with Gasteiger partial charge in [0.2, 0.25) is 5.91 Å². The lowest BCUT2D eigenvalue weighted by Gasteiger charge is -2.11. The standard InChI is InChI=1S/C19H22N2O3/c1-23-12-17(20)19(22)21-11-13-2-4-14(5-3-13)15-6-7-18-16(10-15)8-9-24-18/h2-7,10,17H,8-9,11-12,20H2,1H3,(H,21,22). The van der Waals surface area contributed by atoms with E-state index in [-0.39, 0.29) is 12.5 Å². The second kappa shape index (κ2) is 7.47. The number of carbonyl (C=O) groups is 1. The highest BCUT2D eigenvalue weighted by atomic mass is 16.5. The summed E-state index contributed by atoms with van der Waals surface area (Å²) in [5.74, 6) is 0.782. The summed E-state index contributed by atoms with van der Waals surface area (Å²) in [6, 6.07) is 13.8. The van der Waals surface area contributed by atoms with Crippen LogP contribution < -0.4 is 15.8 Å². The first-order valence-corrected chi connectivity index (χ1v) is 8.04. The van der Waals surface area contributed by atoms with E-state index in [1.807, 2.05) is 18.2 Å². The molecular formula is C19H22N2O3. The van der Waals surface area contributed by atoms with Crippen molar-refractivity contribution < 1.29 is 14.3 Å². The number of methoxy groups -OCH3 is 1. The Morgan fingerprint density at radius 1 is 1.25 bits per heavy atom. The molecule has 1 aliphatic heterocycles. The molecule has 24 heavy (non-hydrogen) atoms. The van der Waals surface area contributed by atoms with Crippen molar-refractivity contribution in [3.05, 3.63) is 53.6 Å². The fourth-order valence-electron chi connectivity index (χ4n) is 2.76. The highest BCUT2D eigenvalue weighted by Gasteiger charge is 2.13. The minimum atomic E-state index is -0.636. The fourth-order valence-corrected chi connectivity index (χ4v) is 2.76. The average Bonchev–Trinajstić information content (AvgIpc) is 3.08. The van der Waals surface area contributed by atoms with Gasteiger partial charge in [0.25, 0.3) is 0 Å². The largest absolute Gasteiger partial charge is 0.493 e. The van der Waals surface area contributed by atoms with Crippen molar-refractivity contribution in [1.29, 1.82) is 0 Å². The normalized spacial score (nSPS) is 13.9. The van der Waals surface area contributed by atoms with Crippen molar-refractivity contribution in [3.8, 4) is 16.9 Å². The maximum absolute atomic E-state index is 11.8. The van der Waals surface area contributed by atoms with E-state index in [9.17, 15) is 4.79 Å². The summed E-state index contributed by atoms with van der Waals surface area (Å²) in [5.41, 5.74) is 10.3. The molecule has 1 atom stereocenters. The molecule has 0 aromatic heterocycles. The molecule has 1 heterocycles. The van der Waals surface area contributed by atoms with E-state index >= 15 is 0 Å². The number of carbonyl (C=O) groups excluding carboxylic acids is 1. The van der Waals surface area contributed by atoms with Crippen LogP contribution in [0.5, 0.6) is 5.75 Å². The Bertz CT molecular complexity index is 713. The van der Waals surface area contributed by atoms with Gasteiger partial charge in [0, 0.05) is 20.1 Å². The topological polar surface area (TPSA) is 73.6 Å². The predicted octanol–water partition coefficient (Wildman–Crippen LogP) is 1.88. The maximum Gasteiger partial charge on any atom is 0.239 e. The first-order chi connectivity index (χ1) is 11.7. The van der Waals surface area contributed by atoms with Crippen molar-refractivity contribution in [2.24, 2.45) is 5.73 Å². The van der Waals surface area contributed by atoms with Gasteiger partial charge >= 0.3 is 0 Å². The first-order valence-electron chi connectivity index (χ1n) is 8.04. The Morgan fingerprint density at radius 2 is 2.00 bits per heavy atom. The zero-order chi connectivity index (χ0) is 16.9. The van der Waals surface area contributed by atoms with Crippen molar-refractivity contribution >= 4 is 5.91 Å². The maximum atomic E-state index is 11.8. The number of nitrogens with one attached hydrogen (secondary N) is 1. The van der Waals surface area contributed by atoms with Crippen molar-refractivity contribution in [2.45, 2.75) is 19.0 Å². The van der Waals surface area contributed by atoms with Gasteiger partial charge in [-0.15, -0.1) is 0 Å². The van der Waals surface area contributed by atoms with Gasteiger partial charge in [0.05, 0.1) is 13.2 Å². The number of hydrogen-bond acceptors (Lipinski definition) is 4. The smallest absolute Gasteiger partial charge is 0.239 e. The second-order valence-electron chi connectivity index (χ2n) is 5.90. The number of fused-ring (bicyclic) bond motifs is 1. The van der Waals surface area contributed by atoms with Gasteiger partial charge in [-0.05, 0) is 34.4 Å². The molecule has 3 rings (SSSR count). The summed E-state index contributed by atoms with van der Waals surface area (Å²) in [6.07, 6.45) is 0.967. The third-order valence-corrected chi connectivity index (χ3v) is 4.13. The monoisotopic (exact) mass is 326 g/mol. The van der Waals surface area contributed by atoms with Gasteiger partial charge in [-0.2, -0.15) is 0 Å². The van der Waals surface area contributed by atoms with Crippen molar-refractivity contribution in [3.63, 3.8) is 0 Å². The molecule has 0 bridgehead atoms. The molecule has 126 valence electrons. The Hall–Kier alpha value is -2.37. The van der Waals surface area contributed by atoms with Crippen LogP contribution in [0.4, 0.5) is 0 Å². The number of hydrogen-bond donors (Lipinski definition) is 2. The highest BCUT2D eigenvalue weighted by molar-refractivity contribution is 5.81. The molecule has 2 aromatic carbocycles. The van der Waals surface area contributed by atoms with Crippen LogP contribution in [0.2, 0.25) is 0 Å². The molecule has 0 radical (unpaired) electrons. The SMILES string of the molecule is COCC(N)C(=O)NCc1ccc(-c2ccc3c(c2)CCO3)cc1. The van der Waals surface area contributed by atoms with E-state index in [1.54, 1.807) is 0 Å². The molecule has 0 fully saturated rings. The predicted molar refractivity (Wildman–Crippen MR) is 92.8 cm³/mol. The van der Waals surface area contributed by atoms with Gasteiger partial charge in [-0.3, -0.25) is 4.79 Å². The lowest BCUT2D eigenvalue weighted by molar-refractivity contribution is -0.123. The average molecular weight is 326 g/mol. The molecule has 0 aliphatic carbocycles. The lowest BCUT2D eigenvalue weighted by atomic mass is 10.0. The first kappa shape index (κ1) is 16.5. The molecule has 0 saturated heterocycles. The molecule has 0 saturated carbocycles. The van der Waals surface area contributed by atoms with E-state index in [2.05, 4.69) is 29.6 Å². The minimum Gasteiger partial charge on any atom is -0.493 e. The number of rotatable bonds is 6. The summed E-state index contributed by atoms with van der Waals surface area (Å²) >= 11 is 0. The van der Waals surface area contributed by atoms with Crippen LogP contribution in [0.25, 0.3) is 11.1 Å². The highest BCUT2D eigenvalue weighted by Crippen LogP contribution is 2.30. The summed E-state index contributed by atoms with van der Waals surface area (Å²) in [7, 11) is 1.52. The molecule has 1 unspecified atom stereocenters. The zero-order valence-corrected chi connectivity index (χ0v) is 13.7. The van der Waals surface area contributed by atoms with Crippen LogP contribution in [-0.2, 0) is 22.5 Å². The van der Waals surface area contributed by atoms with Gasteiger partial charge in [-0.25, -0.2) is 0 Å². The molecule has 1 amide bonds. The number of nitrogens with two attached hydrogens (primary N) is 1. The third-order valence-electron chi connectivity index (χ3n) is 4.13. The fraction of sp³-hybridized carbons (Fsp3) is 0.316. The molecular weight excluding hydrogens is 304 g/mol. The summed E-state index contributed by atoms with van der Waals surface area (Å²) < 4.78 is 10.4. The minimum absolute atomic E-state index is 0.209. The van der Waals surface area contributed by atoms with Crippen LogP contribution in [0.15, 0.2) is 42.5 Å². The molecule has 5 heteroatoms. The lowest BCUT2D eigenvalue weighted by Crippen LogP contribution is -2.43. The number of ether oxygens (including phenoxy) is 2. The Balaban J connectivity index is 1.62. The van der Waals surface area contributed by atoms with Crippen molar-refractivity contribution in [2.75, 3.05) is 20.3 Å². The molecule has 3 N–H and O–H groups in total. The van der Waals surface area contributed by atoms with Gasteiger partial charge in [-0.1, -0.05) is 30.3 Å². The third kappa shape index (κ3) is 3.75. The summed E-state index contributed by atoms with van der Waals surface area (Å²) in [4.78, 5) is 11.8. The van der Waals surface area contributed by atoms with Crippen molar-refractivity contribution in [1.82, 2.24) is 5.32 Å². The van der Waals surface area contributed by atoms with Crippen LogP contribution in [0, 0.1) is 0 Å². The molecule has 5 nitrogen and oxygen atoms in total. The molecule has 1 aliphatic rings. The van der Waals surface area contributed by atoms with Gasteiger partial charge in [0.1, 0.15) is 11.8 Å².